The molecule has 2 fully saturated rings. The fraction of sp³-hybridized carbons (Fsp3) is 0.824. The summed E-state index contributed by atoms with van der Waals surface area (Å²) in [5.41, 5.74) is 2.63. The first-order chi connectivity index (χ1) is 10.3. The maximum Gasteiger partial charge on any atom is 0.0537 e. The molecule has 1 saturated carbocycles. The van der Waals surface area contributed by atoms with Crippen LogP contribution >= 0.6 is 0 Å². The van der Waals surface area contributed by atoms with Gasteiger partial charge in [-0.15, -0.1) is 0 Å². The van der Waals surface area contributed by atoms with Crippen LogP contribution < -0.4 is 10.6 Å². The maximum absolute atomic E-state index is 4.35. The molecule has 0 bridgehead atoms. The van der Waals surface area contributed by atoms with Gasteiger partial charge in [-0.3, -0.25) is 4.68 Å². The van der Waals surface area contributed by atoms with Crippen LogP contribution in [0.3, 0.4) is 0 Å². The number of rotatable bonds is 4. The van der Waals surface area contributed by atoms with Gasteiger partial charge in [0, 0.05) is 36.9 Å². The molecule has 0 aromatic carbocycles. The molecular formula is C17H30N4. The summed E-state index contributed by atoms with van der Waals surface area (Å²) < 4.78 is 1.97. The van der Waals surface area contributed by atoms with E-state index in [4.69, 9.17) is 0 Å². The summed E-state index contributed by atoms with van der Waals surface area (Å²) in [6, 6.07) is 1.42. The van der Waals surface area contributed by atoms with Gasteiger partial charge in [0.1, 0.15) is 0 Å². The Hall–Kier alpha value is -0.870. The summed E-state index contributed by atoms with van der Waals surface area (Å²) in [4.78, 5) is 0. The third-order valence-corrected chi connectivity index (χ3v) is 5.58. The van der Waals surface area contributed by atoms with E-state index >= 15 is 0 Å². The van der Waals surface area contributed by atoms with Gasteiger partial charge < -0.3 is 10.6 Å². The van der Waals surface area contributed by atoms with Gasteiger partial charge in [-0.25, -0.2) is 0 Å². The van der Waals surface area contributed by atoms with Crippen LogP contribution in [-0.4, -0.2) is 28.4 Å². The first-order valence-electron chi connectivity index (χ1n) is 8.70. The molecule has 3 unspecified atom stereocenters. The Balaban J connectivity index is 1.60. The average Bonchev–Trinajstić information content (AvgIpc) is 2.86. The minimum Gasteiger partial charge on any atom is -0.314 e. The third-order valence-electron chi connectivity index (χ3n) is 5.58. The number of piperidine rings is 1. The smallest absolute Gasteiger partial charge is 0.0537 e. The van der Waals surface area contributed by atoms with Crippen LogP contribution in [0.15, 0.2) is 6.20 Å². The molecule has 2 heterocycles. The Morgan fingerprint density at radius 2 is 2.05 bits per heavy atom. The summed E-state index contributed by atoms with van der Waals surface area (Å²) in [5, 5.41) is 12.0. The van der Waals surface area contributed by atoms with E-state index < -0.39 is 0 Å². The molecule has 1 aromatic heterocycles. The molecule has 0 spiro atoms. The maximum atomic E-state index is 4.35. The number of aromatic nitrogens is 2. The normalized spacial score (nSPS) is 30.5. The zero-order chi connectivity index (χ0) is 14.7. The lowest BCUT2D eigenvalue weighted by atomic mass is 9.77. The molecule has 2 aliphatic rings. The molecule has 2 N–H and O–H groups in total. The van der Waals surface area contributed by atoms with Crippen molar-refractivity contribution in [3.05, 3.63) is 17.5 Å². The highest BCUT2D eigenvalue weighted by molar-refractivity contribution is 5.15. The number of hydrogen-bond donors (Lipinski definition) is 2. The Morgan fingerprint density at radius 3 is 2.76 bits per heavy atom. The molecule has 118 valence electrons. The van der Waals surface area contributed by atoms with Crippen molar-refractivity contribution in [3.8, 4) is 0 Å². The van der Waals surface area contributed by atoms with Gasteiger partial charge in [0.15, 0.2) is 0 Å². The van der Waals surface area contributed by atoms with Crippen LogP contribution in [0.1, 0.15) is 56.2 Å². The van der Waals surface area contributed by atoms with Crippen molar-refractivity contribution in [3.63, 3.8) is 0 Å². The SMILES string of the molecule is Cc1c(CNC2CCCCC2C2CCCCN2)cnn1C. The number of aryl methyl sites for hydroxylation is 1. The molecule has 4 heteroatoms. The van der Waals surface area contributed by atoms with E-state index in [1.165, 1.54) is 62.7 Å². The lowest BCUT2D eigenvalue weighted by molar-refractivity contribution is 0.181. The first-order valence-corrected chi connectivity index (χ1v) is 8.70. The van der Waals surface area contributed by atoms with Gasteiger partial charge in [-0.1, -0.05) is 19.3 Å². The number of hydrogen-bond acceptors (Lipinski definition) is 3. The average molecular weight is 290 g/mol. The molecule has 1 aromatic rings. The molecule has 21 heavy (non-hydrogen) atoms. The Labute approximate surface area is 128 Å². The fourth-order valence-corrected chi connectivity index (χ4v) is 4.10. The molecule has 4 nitrogen and oxygen atoms in total. The molecule has 1 aliphatic heterocycles. The van der Waals surface area contributed by atoms with E-state index in [1.54, 1.807) is 0 Å². The fourth-order valence-electron chi connectivity index (χ4n) is 4.10. The molecule has 1 aliphatic carbocycles. The third kappa shape index (κ3) is 3.49. The highest BCUT2D eigenvalue weighted by Gasteiger charge is 2.32. The summed E-state index contributed by atoms with van der Waals surface area (Å²) in [5.74, 6) is 0.816. The summed E-state index contributed by atoms with van der Waals surface area (Å²) in [7, 11) is 2.02. The lowest BCUT2D eigenvalue weighted by Gasteiger charge is -2.40. The zero-order valence-corrected chi connectivity index (χ0v) is 13.6. The molecule has 0 radical (unpaired) electrons. The quantitative estimate of drug-likeness (QED) is 0.895. The van der Waals surface area contributed by atoms with Gasteiger partial charge in [0.05, 0.1) is 6.20 Å². The second kappa shape index (κ2) is 6.93. The van der Waals surface area contributed by atoms with Crippen molar-refractivity contribution >= 4 is 0 Å². The molecule has 3 atom stereocenters. The van der Waals surface area contributed by atoms with E-state index in [2.05, 4.69) is 22.7 Å². The van der Waals surface area contributed by atoms with Crippen molar-refractivity contribution in [1.82, 2.24) is 20.4 Å². The van der Waals surface area contributed by atoms with Crippen LogP contribution in [-0.2, 0) is 13.6 Å². The standard InChI is InChI=1S/C17H30N4/c1-13-14(12-20-21(13)2)11-19-17-8-4-3-7-15(17)16-9-5-6-10-18-16/h12,15-19H,3-11H2,1-2H3. The van der Waals surface area contributed by atoms with Crippen LogP contribution in [0.4, 0.5) is 0 Å². The zero-order valence-electron chi connectivity index (χ0n) is 13.6. The van der Waals surface area contributed by atoms with Crippen LogP contribution in [0.2, 0.25) is 0 Å². The molecular weight excluding hydrogens is 260 g/mol. The van der Waals surface area contributed by atoms with E-state index in [-0.39, 0.29) is 0 Å². The van der Waals surface area contributed by atoms with Gasteiger partial charge in [0.2, 0.25) is 0 Å². The van der Waals surface area contributed by atoms with E-state index in [1.807, 2.05) is 17.9 Å². The van der Waals surface area contributed by atoms with Crippen LogP contribution in [0.5, 0.6) is 0 Å². The van der Waals surface area contributed by atoms with Gasteiger partial charge in [0.25, 0.3) is 0 Å². The minimum absolute atomic E-state index is 0.675. The highest BCUT2D eigenvalue weighted by atomic mass is 15.3. The summed E-state index contributed by atoms with van der Waals surface area (Å²) in [6.07, 6.45) is 11.7. The van der Waals surface area contributed by atoms with Crippen molar-refractivity contribution < 1.29 is 0 Å². The predicted octanol–water partition coefficient (Wildman–Crippen LogP) is 2.52. The van der Waals surface area contributed by atoms with Gasteiger partial charge in [-0.2, -0.15) is 5.10 Å². The van der Waals surface area contributed by atoms with Gasteiger partial charge in [-0.05, 0) is 45.1 Å². The highest BCUT2D eigenvalue weighted by Crippen LogP contribution is 2.30. The second-order valence-electron chi connectivity index (χ2n) is 6.87. The monoisotopic (exact) mass is 290 g/mol. The van der Waals surface area contributed by atoms with Gasteiger partial charge >= 0.3 is 0 Å². The molecule has 0 amide bonds. The van der Waals surface area contributed by atoms with Crippen LogP contribution in [0, 0.1) is 12.8 Å². The topological polar surface area (TPSA) is 41.9 Å². The van der Waals surface area contributed by atoms with Crippen molar-refractivity contribution in [1.29, 1.82) is 0 Å². The van der Waals surface area contributed by atoms with E-state index in [9.17, 15) is 0 Å². The second-order valence-corrected chi connectivity index (χ2v) is 6.87. The van der Waals surface area contributed by atoms with Crippen molar-refractivity contribution in [2.24, 2.45) is 13.0 Å². The summed E-state index contributed by atoms with van der Waals surface area (Å²) >= 11 is 0. The van der Waals surface area contributed by atoms with Crippen molar-refractivity contribution in [2.75, 3.05) is 6.54 Å². The molecule has 1 saturated heterocycles. The van der Waals surface area contributed by atoms with Crippen molar-refractivity contribution in [2.45, 2.75) is 70.5 Å². The first kappa shape index (κ1) is 15.0. The van der Waals surface area contributed by atoms with Crippen LogP contribution in [0.25, 0.3) is 0 Å². The molecule has 3 rings (SSSR count). The lowest BCUT2D eigenvalue weighted by Crippen LogP contribution is -2.50. The van der Waals surface area contributed by atoms with E-state index in [0.29, 0.717) is 6.04 Å². The minimum atomic E-state index is 0.675. The largest absolute Gasteiger partial charge is 0.314 e. The summed E-state index contributed by atoms with van der Waals surface area (Å²) in [6.45, 7) is 4.34. The number of nitrogens with one attached hydrogen (secondary N) is 2. The Morgan fingerprint density at radius 1 is 1.24 bits per heavy atom. The Bertz CT molecular complexity index is 448. The predicted molar refractivity (Wildman–Crippen MR) is 86.2 cm³/mol. The number of nitrogens with zero attached hydrogens (tertiary/aromatic N) is 2. The Kier molecular flexibility index (Phi) is 4.96. The van der Waals surface area contributed by atoms with E-state index in [0.717, 1.165) is 18.5 Å².